The molecule has 2 rings (SSSR count). The molecule has 0 amide bonds. The highest BCUT2D eigenvalue weighted by Gasteiger charge is 1.86. The summed E-state index contributed by atoms with van der Waals surface area (Å²) in [6.07, 6.45) is 1.49. The highest BCUT2D eigenvalue weighted by Crippen LogP contribution is 2.06. The topological polar surface area (TPSA) is 46.5 Å². The van der Waals surface area contributed by atoms with E-state index in [9.17, 15) is 4.79 Å². The summed E-state index contributed by atoms with van der Waals surface area (Å²) in [6.45, 7) is 0.369. The molecule has 0 saturated heterocycles. The van der Waals surface area contributed by atoms with E-state index in [0.29, 0.717) is 0 Å². The SMILES string of the molecule is O=CCOc1ccccc1.OCCc1ccccc1. The molecule has 2 aromatic carbocycles. The van der Waals surface area contributed by atoms with Gasteiger partial charge in [0.25, 0.3) is 0 Å². The molecule has 0 spiro atoms. The van der Waals surface area contributed by atoms with Gasteiger partial charge in [-0.15, -0.1) is 0 Å². The van der Waals surface area contributed by atoms with E-state index in [4.69, 9.17) is 9.84 Å². The molecule has 3 nitrogen and oxygen atoms in total. The van der Waals surface area contributed by atoms with Crippen LogP contribution in [0.5, 0.6) is 5.75 Å². The van der Waals surface area contributed by atoms with Crippen molar-refractivity contribution in [3.8, 4) is 5.75 Å². The Kier molecular flexibility index (Phi) is 7.74. The zero-order valence-electron chi connectivity index (χ0n) is 10.7. The van der Waals surface area contributed by atoms with E-state index in [0.717, 1.165) is 18.5 Å². The lowest BCUT2D eigenvalue weighted by atomic mass is 10.2. The van der Waals surface area contributed by atoms with Crippen LogP contribution in [0.1, 0.15) is 5.56 Å². The molecule has 0 aromatic heterocycles. The van der Waals surface area contributed by atoms with Crippen LogP contribution in [0.2, 0.25) is 0 Å². The summed E-state index contributed by atoms with van der Waals surface area (Å²) in [6, 6.07) is 19.2. The number of benzene rings is 2. The van der Waals surface area contributed by atoms with Crippen molar-refractivity contribution < 1.29 is 14.6 Å². The van der Waals surface area contributed by atoms with Crippen molar-refractivity contribution in [2.45, 2.75) is 6.42 Å². The highest BCUT2D eigenvalue weighted by molar-refractivity contribution is 5.51. The number of aliphatic hydroxyl groups is 1. The molecule has 100 valence electrons. The summed E-state index contributed by atoms with van der Waals surface area (Å²) in [4.78, 5) is 9.85. The number of aliphatic hydroxyl groups excluding tert-OH is 1. The van der Waals surface area contributed by atoms with Gasteiger partial charge in [-0.25, -0.2) is 0 Å². The fourth-order valence-corrected chi connectivity index (χ4v) is 1.42. The van der Waals surface area contributed by atoms with Crippen LogP contribution in [0, 0.1) is 0 Å². The number of ether oxygens (including phenoxy) is 1. The summed E-state index contributed by atoms with van der Waals surface area (Å²) in [5.74, 6) is 0.731. The minimum atomic E-state index is 0.129. The van der Waals surface area contributed by atoms with Crippen molar-refractivity contribution in [1.82, 2.24) is 0 Å². The minimum Gasteiger partial charge on any atom is -0.486 e. The first kappa shape index (κ1) is 14.9. The summed E-state index contributed by atoms with van der Waals surface area (Å²) in [5.41, 5.74) is 1.19. The molecule has 0 fully saturated rings. The number of rotatable bonds is 5. The highest BCUT2D eigenvalue weighted by atomic mass is 16.5. The van der Waals surface area contributed by atoms with Crippen LogP contribution < -0.4 is 4.74 Å². The predicted octanol–water partition coefficient (Wildman–Crippen LogP) is 2.49. The Balaban J connectivity index is 0.000000191. The van der Waals surface area contributed by atoms with Gasteiger partial charge >= 0.3 is 0 Å². The number of carbonyl (C=O) groups is 1. The van der Waals surface area contributed by atoms with Crippen LogP contribution in [-0.4, -0.2) is 24.6 Å². The van der Waals surface area contributed by atoms with Gasteiger partial charge in [-0.2, -0.15) is 0 Å². The number of hydrogen-bond acceptors (Lipinski definition) is 3. The second kappa shape index (κ2) is 9.85. The van der Waals surface area contributed by atoms with Gasteiger partial charge in [-0.3, -0.25) is 4.79 Å². The first-order chi connectivity index (χ1) is 9.36. The number of carbonyl (C=O) groups excluding carboxylic acids is 1. The molecule has 0 radical (unpaired) electrons. The van der Waals surface area contributed by atoms with E-state index in [1.807, 2.05) is 60.7 Å². The molecule has 0 aliphatic rings. The van der Waals surface area contributed by atoms with Gasteiger partial charge in [0.1, 0.15) is 12.4 Å². The van der Waals surface area contributed by atoms with Crippen LogP contribution in [-0.2, 0) is 11.2 Å². The van der Waals surface area contributed by atoms with E-state index in [-0.39, 0.29) is 13.2 Å². The van der Waals surface area contributed by atoms with Gasteiger partial charge in [0.15, 0.2) is 6.29 Å². The van der Waals surface area contributed by atoms with Crippen molar-refractivity contribution in [3.05, 3.63) is 66.2 Å². The molecule has 0 atom stereocenters. The van der Waals surface area contributed by atoms with Crippen molar-refractivity contribution in [2.75, 3.05) is 13.2 Å². The van der Waals surface area contributed by atoms with Gasteiger partial charge in [-0.05, 0) is 24.1 Å². The maximum absolute atomic E-state index is 9.85. The summed E-state index contributed by atoms with van der Waals surface area (Å²) >= 11 is 0. The van der Waals surface area contributed by atoms with E-state index in [1.165, 1.54) is 5.56 Å². The van der Waals surface area contributed by atoms with Crippen molar-refractivity contribution in [2.24, 2.45) is 0 Å². The molecule has 0 unspecified atom stereocenters. The van der Waals surface area contributed by atoms with Crippen molar-refractivity contribution in [1.29, 1.82) is 0 Å². The maximum atomic E-state index is 9.85. The molecule has 0 aliphatic carbocycles. The van der Waals surface area contributed by atoms with Crippen molar-refractivity contribution >= 4 is 6.29 Å². The quantitative estimate of drug-likeness (QED) is 0.838. The molecule has 0 aliphatic heterocycles. The van der Waals surface area contributed by atoms with E-state index in [1.54, 1.807) is 0 Å². The van der Waals surface area contributed by atoms with Gasteiger partial charge in [0, 0.05) is 6.61 Å². The second-order valence-corrected chi connectivity index (χ2v) is 3.75. The smallest absolute Gasteiger partial charge is 0.157 e. The number of aldehydes is 1. The number of hydrogen-bond donors (Lipinski definition) is 1. The minimum absolute atomic E-state index is 0.129. The molecular formula is C16H18O3. The average molecular weight is 258 g/mol. The molecule has 3 heteroatoms. The monoisotopic (exact) mass is 258 g/mol. The standard InChI is InChI=1S/C8H8O2.C8H10O/c9-6-7-10-8-4-2-1-3-5-8;9-7-6-8-4-2-1-3-5-8/h1-6H,7H2;1-5,9H,6-7H2. The Labute approximate surface area is 113 Å². The first-order valence-corrected chi connectivity index (χ1v) is 6.13. The Bertz CT molecular complexity index is 440. The van der Waals surface area contributed by atoms with Crippen LogP contribution >= 0.6 is 0 Å². The lowest BCUT2D eigenvalue weighted by Crippen LogP contribution is -1.96. The Hall–Kier alpha value is -2.13. The Morgan fingerprint density at radius 2 is 1.53 bits per heavy atom. The molecule has 0 saturated carbocycles. The zero-order chi connectivity index (χ0) is 13.8. The largest absolute Gasteiger partial charge is 0.486 e. The van der Waals surface area contributed by atoms with Crippen LogP contribution in [0.4, 0.5) is 0 Å². The molecule has 1 N–H and O–H groups in total. The van der Waals surface area contributed by atoms with Crippen molar-refractivity contribution in [3.63, 3.8) is 0 Å². The third kappa shape index (κ3) is 7.01. The van der Waals surface area contributed by atoms with Crippen LogP contribution in [0.15, 0.2) is 60.7 Å². The third-order valence-electron chi connectivity index (χ3n) is 2.30. The van der Waals surface area contributed by atoms with Crippen LogP contribution in [0.25, 0.3) is 0 Å². The summed E-state index contributed by atoms with van der Waals surface area (Å²) in [5, 5.41) is 8.52. The molecular weight excluding hydrogens is 240 g/mol. The van der Waals surface area contributed by atoms with Gasteiger partial charge in [-0.1, -0.05) is 48.5 Å². The van der Waals surface area contributed by atoms with Gasteiger partial charge in [0.05, 0.1) is 0 Å². The predicted molar refractivity (Wildman–Crippen MR) is 75.2 cm³/mol. The first-order valence-electron chi connectivity index (χ1n) is 6.13. The Morgan fingerprint density at radius 3 is 2.05 bits per heavy atom. The lowest BCUT2D eigenvalue weighted by molar-refractivity contribution is -0.109. The third-order valence-corrected chi connectivity index (χ3v) is 2.30. The van der Waals surface area contributed by atoms with Crippen LogP contribution in [0.3, 0.4) is 0 Å². The molecule has 2 aromatic rings. The molecule has 0 bridgehead atoms. The average Bonchev–Trinajstić information content (AvgIpc) is 2.48. The van der Waals surface area contributed by atoms with Gasteiger partial charge in [0.2, 0.25) is 0 Å². The second-order valence-electron chi connectivity index (χ2n) is 3.75. The van der Waals surface area contributed by atoms with E-state index >= 15 is 0 Å². The number of para-hydroxylation sites is 1. The molecule has 0 heterocycles. The molecule has 19 heavy (non-hydrogen) atoms. The normalized spacial score (nSPS) is 9.11. The Morgan fingerprint density at radius 1 is 0.947 bits per heavy atom. The zero-order valence-corrected chi connectivity index (χ0v) is 10.7. The maximum Gasteiger partial charge on any atom is 0.157 e. The fourth-order valence-electron chi connectivity index (χ4n) is 1.42. The van der Waals surface area contributed by atoms with Gasteiger partial charge < -0.3 is 9.84 Å². The summed E-state index contributed by atoms with van der Waals surface area (Å²) in [7, 11) is 0. The fraction of sp³-hybridized carbons (Fsp3) is 0.188. The van der Waals surface area contributed by atoms with E-state index in [2.05, 4.69) is 0 Å². The lowest BCUT2D eigenvalue weighted by Gasteiger charge is -1.98. The van der Waals surface area contributed by atoms with E-state index < -0.39 is 0 Å². The summed E-state index contributed by atoms with van der Waals surface area (Å²) < 4.78 is 4.99.